The quantitative estimate of drug-likeness (QED) is 0.117. The van der Waals surface area contributed by atoms with Crippen molar-refractivity contribution < 1.29 is 25.8 Å². The molecule has 0 fully saturated rings. The van der Waals surface area contributed by atoms with Gasteiger partial charge in [0.2, 0.25) is 0 Å². The van der Waals surface area contributed by atoms with Gasteiger partial charge in [0.15, 0.2) is 0 Å². The van der Waals surface area contributed by atoms with Gasteiger partial charge in [0.25, 0.3) is 0 Å². The number of para-hydroxylation sites is 3. The zero-order valence-electron chi connectivity index (χ0n) is 35.4. The van der Waals surface area contributed by atoms with Crippen LogP contribution in [0.3, 0.4) is 0 Å². The summed E-state index contributed by atoms with van der Waals surface area (Å²) in [4.78, 5) is 11.8. The maximum atomic E-state index is 6.66. The van der Waals surface area contributed by atoms with Crippen molar-refractivity contribution in [2.75, 3.05) is 9.80 Å². The van der Waals surface area contributed by atoms with Crippen molar-refractivity contribution in [3.05, 3.63) is 229 Å². The number of aromatic nitrogens is 2. The topological polar surface area (TPSA) is 36.8 Å². The molecule has 0 amide bonds. The zero-order chi connectivity index (χ0) is 42.0. The largest absolute Gasteiger partial charge is 0.509 e. The van der Waals surface area contributed by atoms with Crippen LogP contribution in [0, 0.1) is 25.7 Å². The van der Waals surface area contributed by atoms with E-state index in [4.69, 9.17) is 9.72 Å². The van der Waals surface area contributed by atoms with Crippen LogP contribution in [0.15, 0.2) is 188 Å². The van der Waals surface area contributed by atoms with Gasteiger partial charge < -0.3 is 23.9 Å². The van der Waals surface area contributed by atoms with Gasteiger partial charge in [-0.15, -0.1) is 48.1 Å². The summed E-state index contributed by atoms with van der Waals surface area (Å²) in [6, 6.07) is 58.4. The van der Waals surface area contributed by atoms with Crippen molar-refractivity contribution in [1.29, 1.82) is 0 Å². The van der Waals surface area contributed by atoms with Crippen molar-refractivity contribution in [2.24, 2.45) is 0 Å². The number of allylic oxidation sites excluding steroid dienone is 3. The standard InChI is InChI=1S/C55H43BN5O.Pt/c1-38-23-25-39(26-24-38)47-36-58-32-13-12-30-56(58)53(40-15-6-5-7-16-40)54(47)60-37-59(49-21-10-11-22-50(49)60)42-17-14-18-43(34-42)62-44-27-28-46-45-19-8-9-20-48(45)61(51(46)35-44)52-33-41(29-31-57-52)55(2,3)4;/h5-33,36-37H,1-4H3;/q-3;. The Morgan fingerprint density at radius 3 is 2.24 bits per heavy atom. The Labute approximate surface area is 384 Å². The maximum absolute atomic E-state index is 6.66. The minimum atomic E-state index is -0.0250. The van der Waals surface area contributed by atoms with E-state index in [0.29, 0.717) is 11.5 Å². The Kier molecular flexibility index (Phi) is 10.3. The smallest absolute Gasteiger partial charge is 0.322 e. The fourth-order valence-electron chi connectivity index (χ4n) is 8.92. The van der Waals surface area contributed by atoms with Crippen LogP contribution in [0.25, 0.3) is 38.7 Å². The first-order valence-corrected chi connectivity index (χ1v) is 21.1. The molecule has 0 saturated heterocycles. The second-order valence-electron chi connectivity index (χ2n) is 17.1. The van der Waals surface area contributed by atoms with Gasteiger partial charge in [0.05, 0.1) is 0 Å². The van der Waals surface area contributed by atoms with E-state index in [1.54, 1.807) is 0 Å². The van der Waals surface area contributed by atoms with E-state index in [0.717, 1.165) is 61.5 Å². The van der Waals surface area contributed by atoms with Crippen LogP contribution in [0.5, 0.6) is 11.5 Å². The number of anilines is 3. The number of aryl methyl sites for hydroxylation is 1. The summed E-state index contributed by atoms with van der Waals surface area (Å²) in [5.41, 5.74) is 13.2. The summed E-state index contributed by atoms with van der Waals surface area (Å²) < 4.78 is 8.86. The van der Waals surface area contributed by atoms with Crippen molar-refractivity contribution in [3.63, 3.8) is 0 Å². The van der Waals surface area contributed by atoms with Gasteiger partial charge in [-0.1, -0.05) is 129 Å². The predicted octanol–water partition coefficient (Wildman–Crippen LogP) is 13.2. The first kappa shape index (κ1) is 40.3. The fourth-order valence-corrected chi connectivity index (χ4v) is 8.92. The second kappa shape index (κ2) is 16.1. The van der Waals surface area contributed by atoms with E-state index in [-0.39, 0.29) is 33.3 Å². The first-order valence-electron chi connectivity index (χ1n) is 21.1. The zero-order valence-corrected chi connectivity index (χ0v) is 37.7. The number of hydrogen-bond acceptors (Lipinski definition) is 5. The molecule has 63 heavy (non-hydrogen) atoms. The molecule has 6 aromatic carbocycles. The number of hydrogen-bond donors (Lipinski definition) is 0. The Balaban J connectivity index is 0.00000471. The van der Waals surface area contributed by atoms with Gasteiger partial charge in [0.1, 0.15) is 5.82 Å². The molecule has 0 radical (unpaired) electrons. The van der Waals surface area contributed by atoms with Crippen LogP contribution < -0.4 is 14.5 Å². The molecule has 8 heteroatoms. The average molecular weight is 996 g/mol. The summed E-state index contributed by atoms with van der Waals surface area (Å²) in [7, 11) is 0. The summed E-state index contributed by atoms with van der Waals surface area (Å²) in [5, 5.41) is 2.23. The van der Waals surface area contributed by atoms with E-state index in [9.17, 15) is 0 Å². The molecule has 3 aliphatic heterocycles. The summed E-state index contributed by atoms with van der Waals surface area (Å²) in [6.45, 7) is 11.0. The van der Waals surface area contributed by atoms with Crippen molar-refractivity contribution >= 4 is 56.8 Å². The Morgan fingerprint density at radius 2 is 1.43 bits per heavy atom. The molecule has 3 aliphatic rings. The number of ether oxygens (including phenoxy) is 1. The third-order valence-corrected chi connectivity index (χ3v) is 12.0. The third-order valence-electron chi connectivity index (χ3n) is 12.0. The number of benzene rings is 6. The molecule has 0 unspecified atom stereocenters. The SMILES string of the molecule is Cc1ccc(C2=CN3C=CC=CB3C(c3ccccc3)=C2N2[CH-]N(c3[c-]c(Oc4[c-]c5c(cc4)c4ccccc4n5-c4cc(C(C)(C)C)ccn4)ccc3)c3ccccc32)cc1.[Pt]. The van der Waals surface area contributed by atoms with Crippen LogP contribution in [0.2, 0.25) is 0 Å². The third kappa shape index (κ3) is 7.21. The van der Waals surface area contributed by atoms with Crippen molar-refractivity contribution in [2.45, 2.75) is 33.1 Å². The minimum absolute atomic E-state index is 0. The molecule has 310 valence electrons. The fraction of sp³-hybridized carbons (Fsp3) is 0.0909. The van der Waals surface area contributed by atoms with Gasteiger partial charge in [-0.25, -0.2) is 4.98 Å². The second-order valence-corrected chi connectivity index (χ2v) is 17.1. The summed E-state index contributed by atoms with van der Waals surface area (Å²) in [5.74, 6) is 4.33. The van der Waals surface area contributed by atoms with Gasteiger partial charge in [0, 0.05) is 73.1 Å². The molecule has 2 aromatic heterocycles. The monoisotopic (exact) mass is 995 g/mol. The predicted molar refractivity (Wildman–Crippen MR) is 255 cm³/mol. The molecule has 8 aromatic rings. The molecular formula is C55H43BN5OPt-3. The number of pyridine rings is 1. The number of rotatable bonds is 7. The van der Waals surface area contributed by atoms with Crippen molar-refractivity contribution in [1.82, 2.24) is 14.4 Å². The molecule has 11 rings (SSSR count). The van der Waals surface area contributed by atoms with Crippen LogP contribution in [0.4, 0.5) is 17.1 Å². The van der Waals surface area contributed by atoms with E-state index in [1.807, 2.05) is 24.4 Å². The Bertz CT molecular complexity index is 3160. The molecular weight excluding hydrogens is 953 g/mol. The molecule has 0 N–H and O–H groups in total. The summed E-state index contributed by atoms with van der Waals surface area (Å²) >= 11 is 0. The Morgan fingerprint density at radius 1 is 0.683 bits per heavy atom. The van der Waals surface area contributed by atoms with E-state index >= 15 is 0 Å². The normalized spacial score (nSPS) is 14.6. The van der Waals surface area contributed by atoms with Gasteiger partial charge in [-0.05, 0) is 82.5 Å². The molecule has 0 spiro atoms. The number of fused-ring (bicyclic) bond motifs is 5. The first-order chi connectivity index (χ1) is 30.3. The maximum Gasteiger partial charge on any atom is 0.322 e. The van der Waals surface area contributed by atoms with Gasteiger partial charge >= 0.3 is 6.85 Å². The summed E-state index contributed by atoms with van der Waals surface area (Å²) in [6.07, 6.45) is 10.6. The van der Waals surface area contributed by atoms with Crippen LogP contribution in [0.1, 0.15) is 43.0 Å². The van der Waals surface area contributed by atoms with E-state index in [1.165, 1.54) is 22.2 Å². The molecule has 0 atom stereocenters. The minimum Gasteiger partial charge on any atom is -0.509 e. The van der Waals surface area contributed by atoms with E-state index < -0.39 is 0 Å². The Hall–Kier alpha value is -6.82. The van der Waals surface area contributed by atoms with Crippen LogP contribution >= 0.6 is 0 Å². The van der Waals surface area contributed by atoms with Crippen molar-refractivity contribution in [3.8, 4) is 17.3 Å². The van der Waals surface area contributed by atoms with Crippen LogP contribution in [-0.4, -0.2) is 21.2 Å². The molecule has 0 aliphatic carbocycles. The average Bonchev–Trinajstić information content (AvgIpc) is 3.85. The van der Waals surface area contributed by atoms with Gasteiger partial charge in [-0.2, -0.15) is 12.1 Å². The molecule has 6 nitrogen and oxygen atoms in total. The van der Waals surface area contributed by atoms with Crippen LogP contribution in [-0.2, 0) is 26.5 Å². The number of nitrogens with zero attached hydrogens (tertiary/aromatic N) is 5. The van der Waals surface area contributed by atoms with E-state index in [2.05, 4.69) is 224 Å². The molecule has 0 bridgehead atoms. The molecule has 0 saturated carbocycles. The van der Waals surface area contributed by atoms with Gasteiger partial charge in [-0.3, -0.25) is 0 Å². The molecule has 5 heterocycles.